The van der Waals surface area contributed by atoms with Crippen molar-refractivity contribution in [2.24, 2.45) is 0 Å². The maximum absolute atomic E-state index is 13.6. The minimum Gasteiger partial charge on any atom is -0.302 e. The van der Waals surface area contributed by atoms with Gasteiger partial charge in [-0.2, -0.15) is 0 Å². The quantitative estimate of drug-likeness (QED) is 0.386. The lowest BCUT2D eigenvalue weighted by atomic mass is 10.2. The third kappa shape index (κ3) is 5.72. The van der Waals surface area contributed by atoms with Crippen LogP contribution in [0.15, 0.2) is 53.4 Å². The van der Waals surface area contributed by atoms with Crippen molar-refractivity contribution in [1.82, 2.24) is 9.88 Å². The van der Waals surface area contributed by atoms with Crippen LogP contribution in [0.5, 0.6) is 0 Å². The van der Waals surface area contributed by atoms with E-state index in [1.54, 1.807) is 23.1 Å². The number of benzene rings is 2. The summed E-state index contributed by atoms with van der Waals surface area (Å²) in [6.45, 7) is 9.82. The highest BCUT2D eigenvalue weighted by molar-refractivity contribution is 7.99. The van der Waals surface area contributed by atoms with Gasteiger partial charge in [-0.15, -0.1) is 24.2 Å². The number of carbonyl (C=O) groups is 1. The van der Waals surface area contributed by atoms with Gasteiger partial charge in [-0.1, -0.05) is 56.4 Å². The fourth-order valence-corrected chi connectivity index (χ4v) is 4.90. The fraction of sp³-hybridized carbons (Fsp3) is 0.364. The predicted molar refractivity (Wildman–Crippen MR) is 129 cm³/mol. The summed E-state index contributed by atoms with van der Waals surface area (Å²) in [5.41, 5.74) is 1.70. The van der Waals surface area contributed by atoms with Gasteiger partial charge in [0.1, 0.15) is 0 Å². The molecule has 0 aliphatic carbocycles. The van der Waals surface area contributed by atoms with E-state index in [2.05, 4.69) is 31.7 Å². The Labute approximate surface area is 187 Å². The van der Waals surface area contributed by atoms with Crippen LogP contribution in [0.3, 0.4) is 0 Å². The molecule has 0 fully saturated rings. The lowest BCUT2D eigenvalue weighted by Gasteiger charge is -2.25. The highest BCUT2D eigenvalue weighted by Gasteiger charge is 2.23. The largest absolute Gasteiger partial charge is 0.302 e. The number of nitrogens with zero attached hydrogens (tertiary/aromatic N) is 3. The number of carbonyl (C=O) groups excluding carboxylic acids is 1. The highest BCUT2D eigenvalue weighted by Crippen LogP contribution is 2.31. The van der Waals surface area contributed by atoms with Crippen molar-refractivity contribution in [2.45, 2.75) is 25.7 Å². The fourth-order valence-electron chi connectivity index (χ4n) is 3.11. The van der Waals surface area contributed by atoms with Crippen molar-refractivity contribution in [3.05, 3.63) is 54.1 Å². The van der Waals surface area contributed by atoms with Gasteiger partial charge in [0.05, 0.1) is 15.8 Å². The number of amides is 1. The Hall–Kier alpha value is -1.60. The molecule has 0 N–H and O–H groups in total. The molecule has 0 unspecified atom stereocenters. The molecule has 0 saturated carbocycles. The molecule has 1 amide bonds. The first kappa shape index (κ1) is 23.7. The third-order valence-electron chi connectivity index (χ3n) is 4.71. The molecule has 1 aromatic heterocycles. The topological polar surface area (TPSA) is 36.4 Å². The number of para-hydroxylation sites is 1. The van der Waals surface area contributed by atoms with E-state index in [1.807, 2.05) is 47.4 Å². The summed E-state index contributed by atoms with van der Waals surface area (Å²) in [5, 5.41) is 0.773. The second-order valence-electron chi connectivity index (χ2n) is 6.38. The molecule has 0 atom stereocenters. The molecule has 0 aliphatic rings. The van der Waals surface area contributed by atoms with Gasteiger partial charge in [0.25, 0.3) is 5.91 Å². The smallest absolute Gasteiger partial charge is 0.261 e. The van der Waals surface area contributed by atoms with E-state index < -0.39 is 0 Å². The average molecular weight is 450 g/mol. The molecule has 3 rings (SSSR count). The number of thiazole rings is 1. The number of likely N-dealkylation sites (N-methyl/N-ethyl adjacent to an activating group) is 1. The maximum Gasteiger partial charge on any atom is 0.261 e. The second kappa shape index (κ2) is 11.6. The number of aromatic nitrogens is 1. The van der Waals surface area contributed by atoms with Gasteiger partial charge in [-0.3, -0.25) is 9.69 Å². The molecule has 1 heterocycles. The molecule has 7 heteroatoms. The van der Waals surface area contributed by atoms with Gasteiger partial charge in [0.2, 0.25) is 0 Å². The van der Waals surface area contributed by atoms with E-state index in [0.717, 1.165) is 51.2 Å². The Balaban J connectivity index is 0.00000300. The molecule has 3 aromatic rings. The molecule has 29 heavy (non-hydrogen) atoms. The van der Waals surface area contributed by atoms with Crippen LogP contribution in [0.1, 0.15) is 31.1 Å². The molecule has 156 valence electrons. The van der Waals surface area contributed by atoms with Crippen LogP contribution in [0.4, 0.5) is 5.13 Å². The molecule has 4 nitrogen and oxygen atoms in total. The van der Waals surface area contributed by atoms with E-state index in [9.17, 15) is 4.79 Å². The Morgan fingerprint density at radius 2 is 1.69 bits per heavy atom. The molecule has 2 aromatic carbocycles. The van der Waals surface area contributed by atoms with Crippen LogP contribution in [0.25, 0.3) is 10.2 Å². The van der Waals surface area contributed by atoms with Gasteiger partial charge in [0.15, 0.2) is 5.13 Å². The Kier molecular flexibility index (Phi) is 9.43. The lowest BCUT2D eigenvalue weighted by molar-refractivity contribution is 0.0981. The minimum atomic E-state index is 0. The summed E-state index contributed by atoms with van der Waals surface area (Å²) in [7, 11) is 0. The van der Waals surface area contributed by atoms with Crippen molar-refractivity contribution in [2.75, 3.05) is 36.8 Å². The van der Waals surface area contributed by atoms with Crippen molar-refractivity contribution in [3.8, 4) is 0 Å². The van der Waals surface area contributed by atoms with Crippen LogP contribution in [0, 0.1) is 0 Å². The first-order valence-electron chi connectivity index (χ1n) is 9.79. The Morgan fingerprint density at radius 3 is 2.38 bits per heavy atom. The number of hydrogen-bond donors (Lipinski definition) is 0. The van der Waals surface area contributed by atoms with E-state index in [-0.39, 0.29) is 18.3 Å². The van der Waals surface area contributed by atoms with Gasteiger partial charge in [0, 0.05) is 18.0 Å². The van der Waals surface area contributed by atoms with Crippen molar-refractivity contribution in [1.29, 1.82) is 0 Å². The average Bonchev–Trinajstić information content (AvgIpc) is 3.15. The van der Waals surface area contributed by atoms with Gasteiger partial charge in [-0.05, 0) is 43.1 Å². The first-order valence-corrected chi connectivity index (χ1v) is 11.6. The van der Waals surface area contributed by atoms with Crippen molar-refractivity contribution < 1.29 is 4.79 Å². The number of rotatable bonds is 9. The zero-order valence-electron chi connectivity index (χ0n) is 17.1. The zero-order chi connectivity index (χ0) is 19.9. The van der Waals surface area contributed by atoms with Crippen LogP contribution >= 0.6 is 35.5 Å². The lowest BCUT2D eigenvalue weighted by Crippen LogP contribution is -2.39. The van der Waals surface area contributed by atoms with Gasteiger partial charge < -0.3 is 4.90 Å². The van der Waals surface area contributed by atoms with Crippen LogP contribution < -0.4 is 4.90 Å². The first-order chi connectivity index (χ1) is 13.7. The number of halogens is 1. The van der Waals surface area contributed by atoms with Crippen molar-refractivity contribution >= 4 is 56.8 Å². The number of anilines is 1. The van der Waals surface area contributed by atoms with Crippen molar-refractivity contribution in [3.63, 3.8) is 0 Å². The zero-order valence-corrected chi connectivity index (χ0v) is 19.6. The summed E-state index contributed by atoms with van der Waals surface area (Å²) >= 11 is 3.29. The molecule has 0 radical (unpaired) electrons. The SMILES string of the molecule is CCSc1ccccc1C(=O)N(CCN(CC)CC)c1nc2ccccc2s1.Cl. The number of hydrogen-bond acceptors (Lipinski definition) is 5. The highest BCUT2D eigenvalue weighted by atomic mass is 35.5. The minimum absolute atomic E-state index is 0. The maximum atomic E-state index is 13.6. The van der Waals surface area contributed by atoms with Gasteiger partial charge >= 0.3 is 0 Å². The monoisotopic (exact) mass is 449 g/mol. The van der Waals surface area contributed by atoms with Crippen LogP contribution in [0.2, 0.25) is 0 Å². The third-order valence-corrected chi connectivity index (χ3v) is 6.73. The standard InChI is InChI=1S/C22H27N3OS2.ClH/c1-4-24(5-2)15-16-25(22-23-18-12-8-10-14-20(18)28-22)21(26)17-11-7-9-13-19(17)27-6-3;/h7-14H,4-6,15-16H2,1-3H3;1H. The summed E-state index contributed by atoms with van der Waals surface area (Å²) in [4.78, 5) is 23.6. The molecule has 0 saturated heterocycles. The van der Waals surface area contributed by atoms with Crippen LogP contribution in [-0.2, 0) is 0 Å². The molecular formula is C22H28ClN3OS2. The normalized spacial score (nSPS) is 10.9. The summed E-state index contributed by atoms with van der Waals surface area (Å²) in [6, 6.07) is 16.0. The molecular weight excluding hydrogens is 422 g/mol. The van der Waals surface area contributed by atoms with Gasteiger partial charge in [-0.25, -0.2) is 4.98 Å². The number of fused-ring (bicyclic) bond motifs is 1. The summed E-state index contributed by atoms with van der Waals surface area (Å²) in [6.07, 6.45) is 0. The Bertz CT molecular complexity index is 894. The van der Waals surface area contributed by atoms with E-state index in [0.29, 0.717) is 6.54 Å². The Morgan fingerprint density at radius 1 is 1.00 bits per heavy atom. The van der Waals surface area contributed by atoms with E-state index >= 15 is 0 Å². The van der Waals surface area contributed by atoms with Crippen LogP contribution in [-0.4, -0.2) is 47.7 Å². The molecule has 0 aliphatic heterocycles. The second-order valence-corrected chi connectivity index (χ2v) is 8.69. The van der Waals surface area contributed by atoms with E-state index in [4.69, 9.17) is 4.98 Å². The molecule has 0 bridgehead atoms. The van der Waals surface area contributed by atoms with E-state index in [1.165, 1.54) is 0 Å². The molecule has 0 spiro atoms. The number of thioether (sulfide) groups is 1. The summed E-state index contributed by atoms with van der Waals surface area (Å²) in [5.74, 6) is 0.966. The predicted octanol–water partition coefficient (Wildman–Crippen LogP) is 5.82. The summed E-state index contributed by atoms with van der Waals surface area (Å²) < 4.78 is 1.11.